The number of nitrogens with one attached hydrogen (secondary N) is 1. The van der Waals surface area contributed by atoms with Gasteiger partial charge >= 0.3 is 0 Å². The lowest BCUT2D eigenvalue weighted by atomic mass is 9.96. The molecule has 0 aliphatic carbocycles. The van der Waals surface area contributed by atoms with E-state index in [2.05, 4.69) is 38.2 Å². The molecular weight excluding hydrogens is 346 g/mol. The molecule has 3 aromatic carbocycles. The lowest BCUT2D eigenvalue weighted by Crippen LogP contribution is -2.39. The summed E-state index contributed by atoms with van der Waals surface area (Å²) in [6, 6.07) is 18.3. The molecule has 0 aliphatic heterocycles. The van der Waals surface area contributed by atoms with Gasteiger partial charge in [0.1, 0.15) is 5.75 Å². The molecule has 0 spiro atoms. The molecular formula is C25H29NO2. The van der Waals surface area contributed by atoms with Crippen LogP contribution in [-0.4, -0.2) is 12.0 Å². The number of ether oxygens (including phenoxy) is 1. The van der Waals surface area contributed by atoms with Gasteiger partial charge in [0.25, 0.3) is 5.91 Å². The van der Waals surface area contributed by atoms with Crippen molar-refractivity contribution in [1.82, 2.24) is 5.32 Å². The number of hydrogen-bond acceptors (Lipinski definition) is 2. The van der Waals surface area contributed by atoms with Crippen molar-refractivity contribution in [2.24, 2.45) is 0 Å². The Hall–Kier alpha value is -2.81. The molecule has 0 aromatic heterocycles. The van der Waals surface area contributed by atoms with Crippen molar-refractivity contribution in [1.29, 1.82) is 0 Å². The van der Waals surface area contributed by atoms with Crippen LogP contribution in [0, 0.1) is 20.8 Å². The molecule has 0 aliphatic rings. The van der Waals surface area contributed by atoms with Gasteiger partial charge in [0.15, 0.2) is 6.10 Å². The van der Waals surface area contributed by atoms with Crippen molar-refractivity contribution in [3.8, 4) is 5.75 Å². The number of aryl methyl sites for hydroxylation is 3. The summed E-state index contributed by atoms with van der Waals surface area (Å²) in [6.07, 6.45) is 0.0772. The summed E-state index contributed by atoms with van der Waals surface area (Å²) in [4.78, 5) is 12.9. The first-order valence-corrected chi connectivity index (χ1v) is 9.93. The summed E-state index contributed by atoms with van der Waals surface area (Å²) in [7, 11) is 0. The van der Waals surface area contributed by atoms with Gasteiger partial charge in [-0.15, -0.1) is 0 Å². The topological polar surface area (TPSA) is 38.3 Å². The largest absolute Gasteiger partial charge is 0.480 e. The fourth-order valence-corrected chi connectivity index (χ4v) is 3.61. The summed E-state index contributed by atoms with van der Waals surface area (Å²) >= 11 is 0. The second-order valence-corrected chi connectivity index (χ2v) is 7.52. The minimum Gasteiger partial charge on any atom is -0.480 e. The Morgan fingerprint density at radius 2 is 1.64 bits per heavy atom. The zero-order valence-electron chi connectivity index (χ0n) is 17.4. The minimum atomic E-state index is -0.528. The Morgan fingerprint density at radius 3 is 2.39 bits per heavy atom. The van der Waals surface area contributed by atoms with Crippen molar-refractivity contribution in [2.45, 2.75) is 53.2 Å². The first-order chi connectivity index (χ1) is 13.4. The fraction of sp³-hybridized carbons (Fsp3) is 0.320. The van der Waals surface area contributed by atoms with Crippen molar-refractivity contribution in [3.05, 3.63) is 76.9 Å². The Labute approximate surface area is 167 Å². The van der Waals surface area contributed by atoms with Gasteiger partial charge in [0.2, 0.25) is 0 Å². The lowest BCUT2D eigenvalue weighted by Gasteiger charge is -2.23. The van der Waals surface area contributed by atoms with Crippen LogP contribution in [0.15, 0.2) is 54.6 Å². The average Bonchev–Trinajstić information content (AvgIpc) is 2.68. The molecule has 3 heteroatoms. The second kappa shape index (κ2) is 8.47. The SMILES string of the molecule is CCC(Oc1cccc2ccccc12)C(=O)NC(C)c1cc(C)c(C)cc1C. The highest BCUT2D eigenvalue weighted by Gasteiger charge is 2.22. The molecule has 1 amide bonds. The van der Waals surface area contributed by atoms with Crippen LogP contribution in [0.25, 0.3) is 10.8 Å². The molecule has 0 heterocycles. The van der Waals surface area contributed by atoms with Crippen LogP contribution < -0.4 is 10.1 Å². The van der Waals surface area contributed by atoms with Crippen LogP contribution in [0.3, 0.4) is 0 Å². The van der Waals surface area contributed by atoms with Gasteiger partial charge in [-0.05, 0) is 67.8 Å². The van der Waals surface area contributed by atoms with E-state index in [9.17, 15) is 4.79 Å². The van der Waals surface area contributed by atoms with Crippen LogP contribution >= 0.6 is 0 Å². The van der Waals surface area contributed by atoms with Gasteiger partial charge in [0, 0.05) is 5.39 Å². The van der Waals surface area contributed by atoms with Crippen molar-refractivity contribution < 1.29 is 9.53 Å². The summed E-state index contributed by atoms with van der Waals surface area (Å²) in [5, 5.41) is 5.27. The molecule has 0 fully saturated rings. The van der Waals surface area contributed by atoms with Gasteiger partial charge in [-0.3, -0.25) is 4.79 Å². The maximum absolute atomic E-state index is 12.9. The zero-order valence-corrected chi connectivity index (χ0v) is 17.4. The first kappa shape index (κ1) is 19.9. The average molecular weight is 376 g/mol. The van der Waals surface area contributed by atoms with Gasteiger partial charge < -0.3 is 10.1 Å². The van der Waals surface area contributed by atoms with E-state index in [4.69, 9.17) is 4.74 Å². The highest BCUT2D eigenvalue weighted by Crippen LogP contribution is 2.27. The van der Waals surface area contributed by atoms with Crippen molar-refractivity contribution in [3.63, 3.8) is 0 Å². The second-order valence-electron chi connectivity index (χ2n) is 7.52. The van der Waals surface area contributed by atoms with Gasteiger partial charge in [-0.2, -0.15) is 0 Å². The monoisotopic (exact) mass is 375 g/mol. The molecule has 146 valence electrons. The maximum atomic E-state index is 12.9. The predicted molar refractivity (Wildman–Crippen MR) is 116 cm³/mol. The Morgan fingerprint density at radius 1 is 0.964 bits per heavy atom. The molecule has 3 aromatic rings. The summed E-state index contributed by atoms with van der Waals surface area (Å²) < 4.78 is 6.14. The molecule has 0 saturated carbocycles. The van der Waals surface area contributed by atoms with Gasteiger partial charge in [-0.1, -0.05) is 55.5 Å². The van der Waals surface area contributed by atoms with E-state index in [-0.39, 0.29) is 11.9 Å². The molecule has 0 saturated heterocycles. The number of hydrogen-bond donors (Lipinski definition) is 1. The van der Waals surface area contributed by atoms with Crippen molar-refractivity contribution >= 4 is 16.7 Å². The molecule has 3 nitrogen and oxygen atoms in total. The van der Waals surface area contributed by atoms with E-state index in [1.165, 1.54) is 16.7 Å². The van der Waals surface area contributed by atoms with Crippen LogP contribution in [0.2, 0.25) is 0 Å². The number of benzene rings is 3. The van der Waals surface area contributed by atoms with Crippen LogP contribution in [0.1, 0.15) is 48.6 Å². The highest BCUT2D eigenvalue weighted by molar-refractivity contribution is 5.89. The Balaban J connectivity index is 1.77. The van der Waals surface area contributed by atoms with Gasteiger partial charge in [-0.25, -0.2) is 0 Å². The normalized spacial score (nSPS) is 13.2. The third-order valence-electron chi connectivity index (χ3n) is 5.39. The predicted octanol–water partition coefficient (Wildman–Crippen LogP) is 5.80. The summed E-state index contributed by atoms with van der Waals surface area (Å²) in [6.45, 7) is 10.3. The number of amides is 1. The number of carbonyl (C=O) groups is 1. The van der Waals surface area contributed by atoms with Crippen LogP contribution in [0.4, 0.5) is 0 Å². The summed E-state index contributed by atoms with van der Waals surface area (Å²) in [5.41, 5.74) is 4.85. The van der Waals surface area contributed by atoms with Crippen LogP contribution in [0.5, 0.6) is 5.75 Å². The van der Waals surface area contributed by atoms with Crippen LogP contribution in [-0.2, 0) is 4.79 Å². The molecule has 2 unspecified atom stereocenters. The third-order valence-corrected chi connectivity index (χ3v) is 5.39. The molecule has 2 atom stereocenters. The quantitative estimate of drug-likeness (QED) is 0.591. The van der Waals surface area contributed by atoms with E-state index in [1.807, 2.05) is 56.3 Å². The minimum absolute atomic E-state index is 0.0723. The standard InChI is InChI=1S/C25H29NO2/c1-6-23(28-24-13-9-11-20-10-7-8-12-21(20)24)25(27)26-19(5)22-15-17(3)16(2)14-18(22)4/h7-15,19,23H,6H2,1-5H3,(H,26,27). The van der Waals surface area contributed by atoms with E-state index < -0.39 is 6.10 Å². The Bertz CT molecular complexity index is 988. The fourth-order valence-electron chi connectivity index (χ4n) is 3.61. The lowest BCUT2D eigenvalue weighted by molar-refractivity contribution is -0.128. The molecule has 0 bridgehead atoms. The molecule has 1 N–H and O–H groups in total. The van der Waals surface area contributed by atoms with E-state index in [1.54, 1.807) is 0 Å². The molecule has 3 rings (SSSR count). The smallest absolute Gasteiger partial charge is 0.261 e. The molecule has 28 heavy (non-hydrogen) atoms. The maximum Gasteiger partial charge on any atom is 0.261 e. The number of carbonyl (C=O) groups excluding carboxylic acids is 1. The number of fused-ring (bicyclic) bond motifs is 1. The third kappa shape index (κ3) is 4.19. The molecule has 0 radical (unpaired) electrons. The highest BCUT2D eigenvalue weighted by atomic mass is 16.5. The van der Waals surface area contributed by atoms with E-state index in [0.29, 0.717) is 6.42 Å². The van der Waals surface area contributed by atoms with E-state index in [0.717, 1.165) is 22.1 Å². The number of rotatable bonds is 6. The summed E-state index contributed by atoms with van der Waals surface area (Å²) in [5.74, 6) is 0.663. The Kier molecular flexibility index (Phi) is 6.03. The van der Waals surface area contributed by atoms with E-state index >= 15 is 0 Å². The first-order valence-electron chi connectivity index (χ1n) is 9.93. The van der Waals surface area contributed by atoms with Gasteiger partial charge in [0.05, 0.1) is 6.04 Å². The van der Waals surface area contributed by atoms with Crippen molar-refractivity contribution in [2.75, 3.05) is 0 Å². The zero-order chi connectivity index (χ0) is 20.3.